The van der Waals surface area contributed by atoms with Gasteiger partial charge in [0, 0.05) is 6.20 Å². The van der Waals surface area contributed by atoms with E-state index in [0.29, 0.717) is 5.69 Å². The molecule has 2 fully saturated rings. The van der Waals surface area contributed by atoms with Crippen LogP contribution in [0.5, 0.6) is 0 Å². The molecule has 3 heterocycles. The minimum absolute atomic E-state index is 0.0894. The molecule has 0 spiro atoms. The van der Waals surface area contributed by atoms with Crippen molar-refractivity contribution in [3.05, 3.63) is 71.4 Å². The Morgan fingerprint density at radius 1 is 0.929 bits per heavy atom. The SMILES string of the molecule is CC(=O)[C@@H]1[C@@H]2C(=O)N(c3ccc(C)cc3)C(=O)[C@@H]2[C@H]2c3ccccc3C=CN12. The fourth-order valence-corrected chi connectivity index (χ4v) is 4.97. The molecule has 5 heteroatoms. The number of amides is 2. The van der Waals surface area contributed by atoms with Crippen LogP contribution in [0, 0.1) is 18.8 Å². The maximum absolute atomic E-state index is 13.5. The number of benzene rings is 2. The number of carbonyl (C=O) groups excluding carboxylic acids is 3. The van der Waals surface area contributed by atoms with Gasteiger partial charge in [0.05, 0.1) is 29.6 Å². The maximum atomic E-state index is 13.5. The molecule has 0 unspecified atom stereocenters. The van der Waals surface area contributed by atoms with Gasteiger partial charge in [0.25, 0.3) is 0 Å². The van der Waals surface area contributed by atoms with Crippen molar-refractivity contribution in [2.75, 3.05) is 4.90 Å². The highest BCUT2D eigenvalue weighted by Crippen LogP contribution is 2.53. The van der Waals surface area contributed by atoms with Gasteiger partial charge in [-0.05, 0) is 43.2 Å². The molecule has 5 nitrogen and oxygen atoms in total. The van der Waals surface area contributed by atoms with Crippen LogP contribution in [0.4, 0.5) is 5.69 Å². The molecule has 2 aromatic rings. The lowest BCUT2D eigenvalue weighted by molar-refractivity contribution is -0.129. The average Bonchev–Trinajstić information content (AvgIpc) is 3.16. The summed E-state index contributed by atoms with van der Waals surface area (Å²) < 4.78 is 0. The largest absolute Gasteiger partial charge is 0.359 e. The van der Waals surface area contributed by atoms with E-state index >= 15 is 0 Å². The lowest BCUT2D eigenvalue weighted by Crippen LogP contribution is -2.43. The van der Waals surface area contributed by atoms with Crippen molar-refractivity contribution < 1.29 is 14.4 Å². The molecule has 3 aliphatic heterocycles. The lowest BCUT2D eigenvalue weighted by Gasteiger charge is -2.34. The Labute approximate surface area is 163 Å². The number of fused-ring (bicyclic) bond motifs is 5. The van der Waals surface area contributed by atoms with Crippen LogP contribution in [0.25, 0.3) is 6.08 Å². The molecule has 0 saturated carbocycles. The fourth-order valence-electron chi connectivity index (χ4n) is 4.97. The molecule has 0 radical (unpaired) electrons. The summed E-state index contributed by atoms with van der Waals surface area (Å²) in [4.78, 5) is 42.6. The van der Waals surface area contributed by atoms with E-state index in [2.05, 4.69) is 0 Å². The summed E-state index contributed by atoms with van der Waals surface area (Å²) in [6.07, 6.45) is 3.82. The lowest BCUT2D eigenvalue weighted by atomic mass is 9.84. The highest BCUT2D eigenvalue weighted by atomic mass is 16.2. The minimum atomic E-state index is -0.660. The smallest absolute Gasteiger partial charge is 0.240 e. The molecule has 5 rings (SSSR count). The minimum Gasteiger partial charge on any atom is -0.359 e. The zero-order chi connectivity index (χ0) is 19.6. The summed E-state index contributed by atoms with van der Waals surface area (Å²) in [5.74, 6) is -1.81. The summed E-state index contributed by atoms with van der Waals surface area (Å²) in [5, 5.41) is 0. The maximum Gasteiger partial charge on any atom is 0.240 e. The Morgan fingerprint density at radius 3 is 2.32 bits per heavy atom. The van der Waals surface area contributed by atoms with Gasteiger partial charge in [-0.25, -0.2) is 4.90 Å². The molecule has 28 heavy (non-hydrogen) atoms. The van der Waals surface area contributed by atoms with Crippen LogP contribution in [0.1, 0.15) is 29.7 Å². The van der Waals surface area contributed by atoms with Crippen LogP contribution in [0.2, 0.25) is 0 Å². The zero-order valence-electron chi connectivity index (χ0n) is 15.7. The third kappa shape index (κ3) is 2.16. The standard InChI is InChI=1S/C23H20N2O3/c1-13-7-9-16(10-8-13)25-22(27)18-19(23(25)28)21-17-6-4-3-5-15(17)11-12-24(21)20(18)14(2)26/h3-12,18-21H,1-2H3/t18-,19+,20-,21-/m1/s1. The molecular formula is C23H20N2O3. The Kier molecular flexibility index (Phi) is 3.56. The molecule has 2 amide bonds. The van der Waals surface area contributed by atoms with E-state index in [1.54, 1.807) is 12.1 Å². The quantitative estimate of drug-likeness (QED) is 0.760. The molecule has 0 bridgehead atoms. The van der Waals surface area contributed by atoms with Gasteiger partial charge in [0.2, 0.25) is 11.8 Å². The number of imide groups is 1. The van der Waals surface area contributed by atoms with E-state index in [4.69, 9.17) is 0 Å². The molecule has 2 aromatic carbocycles. The van der Waals surface area contributed by atoms with Crippen LogP contribution in [0.3, 0.4) is 0 Å². The fraction of sp³-hybridized carbons (Fsp3) is 0.261. The summed E-state index contributed by atoms with van der Waals surface area (Å²) >= 11 is 0. The van der Waals surface area contributed by atoms with E-state index in [1.165, 1.54) is 11.8 Å². The van der Waals surface area contributed by atoms with Crippen molar-refractivity contribution in [3.8, 4) is 0 Å². The third-order valence-electron chi connectivity index (χ3n) is 6.17. The Balaban J connectivity index is 1.65. The second-order valence-corrected chi connectivity index (χ2v) is 7.79. The normalized spacial score (nSPS) is 27.6. The highest BCUT2D eigenvalue weighted by Gasteiger charge is 2.63. The summed E-state index contributed by atoms with van der Waals surface area (Å²) in [5.41, 5.74) is 3.65. The first kappa shape index (κ1) is 16.9. The van der Waals surface area contributed by atoms with Gasteiger partial charge < -0.3 is 4.90 Å². The molecule has 2 saturated heterocycles. The topological polar surface area (TPSA) is 57.7 Å². The van der Waals surface area contributed by atoms with Crippen molar-refractivity contribution in [1.82, 2.24) is 4.90 Å². The molecular weight excluding hydrogens is 352 g/mol. The number of anilines is 1. The monoisotopic (exact) mass is 372 g/mol. The number of aryl methyl sites for hydroxylation is 1. The van der Waals surface area contributed by atoms with E-state index in [1.807, 2.05) is 60.5 Å². The molecule has 140 valence electrons. The molecule has 0 aliphatic carbocycles. The second kappa shape index (κ2) is 5.89. The molecule has 3 aliphatic rings. The predicted molar refractivity (Wildman–Crippen MR) is 105 cm³/mol. The first-order chi connectivity index (χ1) is 13.5. The van der Waals surface area contributed by atoms with Gasteiger partial charge in [-0.3, -0.25) is 14.4 Å². The number of rotatable bonds is 2. The van der Waals surface area contributed by atoms with E-state index in [-0.39, 0.29) is 23.6 Å². The van der Waals surface area contributed by atoms with Gasteiger partial charge in [-0.15, -0.1) is 0 Å². The van der Waals surface area contributed by atoms with E-state index < -0.39 is 17.9 Å². The average molecular weight is 372 g/mol. The molecule has 0 aromatic heterocycles. The van der Waals surface area contributed by atoms with Crippen molar-refractivity contribution in [2.24, 2.45) is 11.8 Å². The van der Waals surface area contributed by atoms with Gasteiger partial charge in [-0.1, -0.05) is 42.0 Å². The van der Waals surface area contributed by atoms with Gasteiger partial charge >= 0.3 is 0 Å². The first-order valence-electron chi connectivity index (χ1n) is 9.48. The van der Waals surface area contributed by atoms with Crippen molar-refractivity contribution in [2.45, 2.75) is 25.9 Å². The van der Waals surface area contributed by atoms with Crippen molar-refractivity contribution in [3.63, 3.8) is 0 Å². The van der Waals surface area contributed by atoms with Crippen LogP contribution < -0.4 is 4.90 Å². The van der Waals surface area contributed by atoms with E-state index in [0.717, 1.165) is 16.7 Å². The number of hydrogen-bond donors (Lipinski definition) is 0. The van der Waals surface area contributed by atoms with Crippen LogP contribution in [0.15, 0.2) is 54.7 Å². The number of carbonyl (C=O) groups is 3. The van der Waals surface area contributed by atoms with Crippen LogP contribution in [-0.2, 0) is 14.4 Å². The summed E-state index contributed by atoms with van der Waals surface area (Å²) in [7, 11) is 0. The molecule has 0 N–H and O–H groups in total. The van der Waals surface area contributed by atoms with Gasteiger partial charge in [0.1, 0.15) is 0 Å². The first-order valence-corrected chi connectivity index (χ1v) is 9.48. The third-order valence-corrected chi connectivity index (χ3v) is 6.17. The summed E-state index contributed by atoms with van der Waals surface area (Å²) in [6, 6.07) is 14.3. The Bertz CT molecular complexity index is 1040. The van der Waals surface area contributed by atoms with Crippen molar-refractivity contribution >= 4 is 29.4 Å². The highest BCUT2D eigenvalue weighted by molar-refractivity contribution is 6.24. The van der Waals surface area contributed by atoms with Crippen molar-refractivity contribution in [1.29, 1.82) is 0 Å². The van der Waals surface area contributed by atoms with Crippen LogP contribution in [-0.4, -0.2) is 28.5 Å². The van der Waals surface area contributed by atoms with Crippen LogP contribution >= 0.6 is 0 Å². The Hall–Kier alpha value is -3.21. The van der Waals surface area contributed by atoms with Gasteiger partial charge in [0.15, 0.2) is 5.78 Å². The summed E-state index contributed by atoms with van der Waals surface area (Å²) in [6.45, 7) is 3.46. The second-order valence-electron chi connectivity index (χ2n) is 7.79. The van der Waals surface area contributed by atoms with E-state index in [9.17, 15) is 14.4 Å². The Morgan fingerprint density at radius 2 is 1.61 bits per heavy atom. The number of Topliss-reactive ketones (excluding diaryl/α,β-unsaturated/α-hetero) is 1. The molecule has 4 atom stereocenters. The number of ketones is 1. The van der Waals surface area contributed by atoms with Gasteiger partial charge in [-0.2, -0.15) is 0 Å². The number of hydrogen-bond acceptors (Lipinski definition) is 4. The number of nitrogens with zero attached hydrogens (tertiary/aromatic N) is 2. The zero-order valence-corrected chi connectivity index (χ0v) is 15.7. The predicted octanol–water partition coefficient (Wildman–Crippen LogP) is 3.10.